The zero-order valence-electron chi connectivity index (χ0n) is 46.6. The van der Waals surface area contributed by atoms with Gasteiger partial charge in [-0.05, 0) is 96.3 Å². The van der Waals surface area contributed by atoms with Crippen molar-refractivity contribution in [1.29, 1.82) is 0 Å². The van der Waals surface area contributed by atoms with E-state index in [1.165, 1.54) is 135 Å². The number of hydrogen-bond acceptors (Lipinski definition) is 5. The maximum atomic E-state index is 13.3. The Kier molecular flexibility index (Phi) is 55.1. The molecule has 408 valence electrons. The van der Waals surface area contributed by atoms with Gasteiger partial charge in [0, 0.05) is 6.42 Å². The second-order valence-electron chi connectivity index (χ2n) is 20.1. The van der Waals surface area contributed by atoms with Gasteiger partial charge in [-0.25, -0.2) is 0 Å². The maximum absolute atomic E-state index is 13.3. The number of rotatable bonds is 53. The minimum Gasteiger partial charge on any atom is -0.462 e. The van der Waals surface area contributed by atoms with Gasteiger partial charge in [0.2, 0.25) is 5.91 Å². The molecule has 71 heavy (non-hydrogen) atoms. The van der Waals surface area contributed by atoms with E-state index in [0.717, 1.165) is 96.3 Å². The zero-order valence-corrected chi connectivity index (χ0v) is 46.6. The third-order valence-corrected chi connectivity index (χ3v) is 13.2. The summed E-state index contributed by atoms with van der Waals surface area (Å²) in [7, 11) is 0. The zero-order chi connectivity index (χ0) is 51.6. The lowest BCUT2D eigenvalue weighted by Crippen LogP contribution is -2.46. The molecule has 0 bridgehead atoms. The van der Waals surface area contributed by atoms with Crippen molar-refractivity contribution >= 4 is 11.9 Å². The van der Waals surface area contributed by atoms with Crippen molar-refractivity contribution < 1.29 is 24.5 Å². The fourth-order valence-corrected chi connectivity index (χ4v) is 8.66. The number of carbonyl (C=O) groups excluding carboxylic acids is 2. The monoisotopic (exact) mass is 988 g/mol. The molecule has 6 nitrogen and oxygen atoms in total. The predicted octanol–water partition coefficient (Wildman–Crippen LogP) is 18.8. The van der Waals surface area contributed by atoms with Gasteiger partial charge in [-0.15, -0.1) is 0 Å². The van der Waals surface area contributed by atoms with Crippen molar-refractivity contribution in [3.63, 3.8) is 0 Å². The summed E-state index contributed by atoms with van der Waals surface area (Å²) < 4.78 is 5.94. The Morgan fingerprint density at radius 3 is 1.24 bits per heavy atom. The van der Waals surface area contributed by atoms with E-state index >= 15 is 0 Å². The first-order valence-electron chi connectivity index (χ1n) is 30.0. The first kappa shape index (κ1) is 67.8. The van der Waals surface area contributed by atoms with Gasteiger partial charge in [0.05, 0.1) is 25.2 Å². The van der Waals surface area contributed by atoms with Gasteiger partial charge in [0.1, 0.15) is 6.10 Å². The number of aliphatic hydroxyl groups excluding tert-OH is 2. The van der Waals surface area contributed by atoms with Gasteiger partial charge in [0.25, 0.3) is 0 Å². The van der Waals surface area contributed by atoms with Crippen LogP contribution in [0.25, 0.3) is 0 Å². The molecule has 0 aromatic carbocycles. The van der Waals surface area contributed by atoms with Crippen LogP contribution in [-0.2, 0) is 14.3 Å². The van der Waals surface area contributed by atoms with E-state index < -0.39 is 18.2 Å². The van der Waals surface area contributed by atoms with Crippen LogP contribution in [0.15, 0.2) is 97.2 Å². The van der Waals surface area contributed by atoms with Gasteiger partial charge >= 0.3 is 5.97 Å². The summed E-state index contributed by atoms with van der Waals surface area (Å²) in [6, 6.07) is -0.729. The van der Waals surface area contributed by atoms with Crippen LogP contribution < -0.4 is 5.32 Å². The summed E-state index contributed by atoms with van der Waals surface area (Å²) in [5.74, 6) is -0.549. The summed E-state index contributed by atoms with van der Waals surface area (Å²) in [6.45, 7) is 6.42. The van der Waals surface area contributed by atoms with Crippen LogP contribution in [0.4, 0.5) is 0 Å². The van der Waals surface area contributed by atoms with Gasteiger partial charge in [-0.3, -0.25) is 9.59 Å². The molecule has 0 rings (SSSR count). The van der Waals surface area contributed by atoms with Crippen molar-refractivity contribution in [2.75, 3.05) is 6.61 Å². The first-order chi connectivity index (χ1) is 35.0. The highest BCUT2D eigenvalue weighted by Gasteiger charge is 2.24. The van der Waals surface area contributed by atoms with Gasteiger partial charge in [-0.2, -0.15) is 0 Å². The van der Waals surface area contributed by atoms with E-state index in [9.17, 15) is 19.8 Å². The highest BCUT2D eigenvalue weighted by Crippen LogP contribution is 2.18. The van der Waals surface area contributed by atoms with E-state index in [2.05, 4.69) is 117 Å². The number of ether oxygens (including phenoxy) is 1. The number of allylic oxidation sites excluding steroid dienone is 16. The first-order valence-corrected chi connectivity index (χ1v) is 30.0. The molecule has 6 heteroatoms. The van der Waals surface area contributed by atoms with Crippen LogP contribution in [0.1, 0.15) is 278 Å². The molecule has 0 saturated carbocycles. The molecule has 0 saturated heterocycles. The topological polar surface area (TPSA) is 95.9 Å². The predicted molar refractivity (Wildman–Crippen MR) is 310 cm³/mol. The van der Waals surface area contributed by atoms with Crippen molar-refractivity contribution in [2.45, 2.75) is 296 Å². The quantitative estimate of drug-likeness (QED) is 0.0244. The van der Waals surface area contributed by atoms with Crippen LogP contribution in [0.3, 0.4) is 0 Å². The highest BCUT2D eigenvalue weighted by atomic mass is 16.5. The number of hydrogen-bond donors (Lipinski definition) is 3. The third-order valence-electron chi connectivity index (χ3n) is 13.2. The summed E-state index contributed by atoms with van der Waals surface area (Å²) in [4.78, 5) is 26.3. The number of aliphatic hydroxyl groups is 2. The number of unbranched alkanes of at least 4 members (excludes halogenated alkanes) is 28. The number of amides is 1. The molecule has 0 radical (unpaired) electrons. The SMILES string of the molecule is CCCCC/C=C\C/C=C\C/C=C\C/C=C\CCCCCC(=O)OC(CCCCC/C=C/C=C/C=C/C=C/CCCCC)CC(=O)NC(CO)C(O)CCCCCCCCCCCCCCCCCCC. The Hall–Kier alpha value is -3.22. The Bertz CT molecular complexity index is 1390. The lowest BCUT2D eigenvalue weighted by molar-refractivity contribution is -0.151. The fraction of sp³-hybridized carbons (Fsp3) is 0.723. The van der Waals surface area contributed by atoms with Gasteiger partial charge in [0.15, 0.2) is 0 Å². The molecule has 0 fully saturated rings. The van der Waals surface area contributed by atoms with Gasteiger partial charge < -0.3 is 20.3 Å². The Labute approximate surface area is 439 Å². The number of carbonyl (C=O) groups is 2. The summed E-state index contributed by atoms with van der Waals surface area (Å²) in [6.07, 6.45) is 77.5. The molecule has 3 N–H and O–H groups in total. The molecule has 0 aliphatic heterocycles. The largest absolute Gasteiger partial charge is 0.462 e. The summed E-state index contributed by atoms with van der Waals surface area (Å²) >= 11 is 0. The molecule has 0 aromatic heterocycles. The van der Waals surface area contributed by atoms with Crippen LogP contribution in [0, 0.1) is 0 Å². The van der Waals surface area contributed by atoms with Crippen molar-refractivity contribution in [2.24, 2.45) is 0 Å². The summed E-state index contributed by atoms with van der Waals surface area (Å²) in [5.41, 5.74) is 0. The molecular weight excluding hydrogens is 875 g/mol. The lowest BCUT2D eigenvalue weighted by atomic mass is 10.0. The molecule has 1 amide bonds. The van der Waals surface area contributed by atoms with Crippen LogP contribution >= 0.6 is 0 Å². The molecule has 0 spiro atoms. The fourth-order valence-electron chi connectivity index (χ4n) is 8.66. The van der Waals surface area contributed by atoms with Crippen LogP contribution in [-0.4, -0.2) is 46.9 Å². The lowest BCUT2D eigenvalue weighted by Gasteiger charge is -2.24. The van der Waals surface area contributed by atoms with Crippen molar-refractivity contribution in [3.05, 3.63) is 97.2 Å². The molecule has 0 aromatic rings. The molecular formula is C65H113NO5. The number of nitrogens with one attached hydrogen (secondary N) is 1. The minimum absolute atomic E-state index is 0.0340. The van der Waals surface area contributed by atoms with Crippen molar-refractivity contribution in [3.8, 4) is 0 Å². The molecule has 3 unspecified atom stereocenters. The Morgan fingerprint density at radius 2 is 0.775 bits per heavy atom. The number of esters is 1. The smallest absolute Gasteiger partial charge is 0.306 e. The normalized spacial score (nSPS) is 13.8. The molecule has 0 aliphatic carbocycles. The molecule has 3 atom stereocenters. The molecule has 0 heterocycles. The van der Waals surface area contributed by atoms with E-state index in [1.807, 2.05) is 6.08 Å². The Balaban J connectivity index is 4.68. The van der Waals surface area contributed by atoms with Gasteiger partial charge in [-0.1, -0.05) is 266 Å². The van der Waals surface area contributed by atoms with Crippen LogP contribution in [0.2, 0.25) is 0 Å². The molecule has 0 aliphatic rings. The third kappa shape index (κ3) is 52.9. The standard InChI is InChI=1S/C65H113NO5/c1-4-7-10-13-16-19-22-25-28-31-32-34-37-40-43-46-49-52-55-58-65(70)71-61(56-53-50-47-44-41-38-35-30-27-24-21-18-15-12-9-6-3)59-64(69)66-62(60-67)63(68)57-54-51-48-45-42-39-36-33-29-26-23-20-17-14-11-8-5-2/h16,18-19,21,24-25,27-28,30,32,34-35,38,40-41,43,61-63,67-68H,4-15,17,20,22-23,26,29,31,33,36-37,39,42,44-60H2,1-3H3,(H,66,69)/b19-16-,21-18+,27-24+,28-25-,34-32-,35-30+,41-38+,43-40-. The van der Waals surface area contributed by atoms with E-state index in [0.29, 0.717) is 19.3 Å². The average Bonchev–Trinajstić information content (AvgIpc) is 3.36. The van der Waals surface area contributed by atoms with E-state index in [1.54, 1.807) is 0 Å². The average molecular weight is 989 g/mol. The minimum atomic E-state index is -0.812. The van der Waals surface area contributed by atoms with Crippen LogP contribution in [0.5, 0.6) is 0 Å². The maximum Gasteiger partial charge on any atom is 0.306 e. The Morgan fingerprint density at radius 1 is 0.423 bits per heavy atom. The van der Waals surface area contributed by atoms with E-state index in [4.69, 9.17) is 4.74 Å². The highest BCUT2D eigenvalue weighted by molar-refractivity contribution is 5.77. The van der Waals surface area contributed by atoms with E-state index in [-0.39, 0.29) is 24.9 Å². The van der Waals surface area contributed by atoms with Crippen molar-refractivity contribution in [1.82, 2.24) is 5.32 Å². The summed E-state index contributed by atoms with van der Waals surface area (Å²) in [5, 5.41) is 23.9. The second-order valence-corrected chi connectivity index (χ2v) is 20.1. The second kappa shape index (κ2) is 57.7.